The number of likely N-dealkylation sites (N-methyl/N-ethyl adjacent to an activating group) is 1. The molecule has 0 saturated carbocycles. The molecule has 12 heavy (non-hydrogen) atoms. The number of hydrogen-bond donors (Lipinski definition) is 1. The normalized spacial score (nSPS) is 12.2. The Balaban J connectivity index is 4.03. The molecular formula is C8H16N2O2. The number of rotatable bonds is 6. The van der Waals surface area contributed by atoms with E-state index in [0.29, 0.717) is 12.8 Å². The molecule has 4 heteroatoms. The van der Waals surface area contributed by atoms with Crippen molar-refractivity contribution in [2.24, 2.45) is 5.73 Å². The van der Waals surface area contributed by atoms with Crippen LogP contribution in [0.2, 0.25) is 0 Å². The highest BCUT2D eigenvalue weighted by Crippen LogP contribution is 2.04. The molecule has 0 rings (SSSR count). The van der Waals surface area contributed by atoms with Gasteiger partial charge in [0.15, 0.2) is 0 Å². The second-order valence-corrected chi connectivity index (χ2v) is 2.83. The van der Waals surface area contributed by atoms with E-state index >= 15 is 0 Å². The summed E-state index contributed by atoms with van der Waals surface area (Å²) in [5, 5.41) is 0. The standard InChI is InChI=1S/C8H16N2O2/c1-3-4-5-7(8(9)12)10(2)6-11/h6-7H,3-5H2,1-2H3,(H2,9,12). The number of hydrogen-bond acceptors (Lipinski definition) is 2. The van der Waals surface area contributed by atoms with Crippen LogP contribution in [0.25, 0.3) is 0 Å². The Labute approximate surface area is 72.7 Å². The molecule has 0 aromatic rings. The maximum atomic E-state index is 10.8. The molecule has 0 bridgehead atoms. The van der Waals surface area contributed by atoms with E-state index in [1.165, 1.54) is 4.90 Å². The average molecular weight is 172 g/mol. The SMILES string of the molecule is CCCCC(C(N)=O)N(C)C=O. The van der Waals surface area contributed by atoms with Gasteiger partial charge in [0.05, 0.1) is 0 Å². The van der Waals surface area contributed by atoms with Crippen LogP contribution in [0, 0.1) is 0 Å². The number of amides is 2. The van der Waals surface area contributed by atoms with Gasteiger partial charge in [-0.1, -0.05) is 19.8 Å². The van der Waals surface area contributed by atoms with Crippen molar-refractivity contribution >= 4 is 12.3 Å². The molecule has 0 aromatic carbocycles. The summed E-state index contributed by atoms with van der Waals surface area (Å²) in [5.74, 6) is -0.432. The van der Waals surface area contributed by atoms with Gasteiger partial charge in [0.25, 0.3) is 0 Å². The first-order valence-corrected chi connectivity index (χ1v) is 4.10. The van der Waals surface area contributed by atoms with Crippen molar-refractivity contribution in [2.75, 3.05) is 7.05 Å². The smallest absolute Gasteiger partial charge is 0.240 e. The minimum Gasteiger partial charge on any atom is -0.368 e. The Morgan fingerprint density at radius 3 is 2.58 bits per heavy atom. The summed E-state index contributed by atoms with van der Waals surface area (Å²) in [6, 6.07) is -0.442. The summed E-state index contributed by atoms with van der Waals surface area (Å²) in [4.78, 5) is 22.5. The van der Waals surface area contributed by atoms with Crippen LogP contribution < -0.4 is 5.73 Å². The molecular weight excluding hydrogens is 156 g/mol. The van der Waals surface area contributed by atoms with Crippen LogP contribution in [0.3, 0.4) is 0 Å². The molecule has 0 radical (unpaired) electrons. The first-order chi connectivity index (χ1) is 5.63. The van der Waals surface area contributed by atoms with Crippen molar-refractivity contribution in [3.05, 3.63) is 0 Å². The molecule has 2 amide bonds. The quantitative estimate of drug-likeness (QED) is 0.578. The molecule has 1 unspecified atom stereocenters. The zero-order chi connectivity index (χ0) is 9.56. The van der Waals surface area contributed by atoms with Crippen molar-refractivity contribution < 1.29 is 9.59 Å². The number of carbonyl (C=O) groups is 2. The molecule has 0 aliphatic heterocycles. The van der Waals surface area contributed by atoms with E-state index in [-0.39, 0.29) is 0 Å². The topological polar surface area (TPSA) is 63.4 Å². The Kier molecular flexibility index (Phi) is 5.08. The summed E-state index contributed by atoms with van der Waals surface area (Å²) < 4.78 is 0. The van der Waals surface area contributed by atoms with Crippen molar-refractivity contribution in [2.45, 2.75) is 32.2 Å². The zero-order valence-electron chi connectivity index (χ0n) is 7.62. The Bertz CT molecular complexity index is 159. The molecule has 0 aromatic heterocycles. The highest BCUT2D eigenvalue weighted by atomic mass is 16.2. The number of unbranched alkanes of at least 4 members (excludes halogenated alkanes) is 1. The molecule has 0 heterocycles. The maximum Gasteiger partial charge on any atom is 0.240 e. The van der Waals surface area contributed by atoms with E-state index in [1.807, 2.05) is 6.92 Å². The minimum atomic E-state index is -0.442. The van der Waals surface area contributed by atoms with Gasteiger partial charge in [0.2, 0.25) is 12.3 Å². The lowest BCUT2D eigenvalue weighted by Gasteiger charge is -2.20. The predicted molar refractivity (Wildman–Crippen MR) is 46.3 cm³/mol. The highest BCUT2D eigenvalue weighted by Gasteiger charge is 2.17. The predicted octanol–water partition coefficient (Wildman–Crippen LogP) is 0.119. The Hall–Kier alpha value is -1.06. The fourth-order valence-corrected chi connectivity index (χ4v) is 1.02. The van der Waals surface area contributed by atoms with Gasteiger partial charge in [-0.2, -0.15) is 0 Å². The molecule has 0 aliphatic rings. The molecule has 1 atom stereocenters. The van der Waals surface area contributed by atoms with Gasteiger partial charge in [-0.05, 0) is 6.42 Å². The van der Waals surface area contributed by atoms with E-state index in [0.717, 1.165) is 12.8 Å². The summed E-state index contributed by atoms with van der Waals surface area (Å²) >= 11 is 0. The summed E-state index contributed by atoms with van der Waals surface area (Å²) in [7, 11) is 1.57. The molecule has 0 spiro atoms. The number of nitrogens with zero attached hydrogens (tertiary/aromatic N) is 1. The third kappa shape index (κ3) is 3.37. The number of nitrogens with two attached hydrogens (primary N) is 1. The largest absolute Gasteiger partial charge is 0.368 e. The van der Waals surface area contributed by atoms with Gasteiger partial charge in [-0.3, -0.25) is 9.59 Å². The molecule has 4 nitrogen and oxygen atoms in total. The van der Waals surface area contributed by atoms with Crippen molar-refractivity contribution in [3.63, 3.8) is 0 Å². The van der Waals surface area contributed by atoms with E-state index in [9.17, 15) is 9.59 Å². The van der Waals surface area contributed by atoms with Gasteiger partial charge >= 0.3 is 0 Å². The van der Waals surface area contributed by atoms with E-state index in [2.05, 4.69) is 0 Å². The van der Waals surface area contributed by atoms with Gasteiger partial charge in [0, 0.05) is 7.05 Å². The zero-order valence-corrected chi connectivity index (χ0v) is 7.62. The van der Waals surface area contributed by atoms with Crippen molar-refractivity contribution in [1.82, 2.24) is 4.90 Å². The lowest BCUT2D eigenvalue weighted by atomic mass is 10.1. The first kappa shape index (κ1) is 10.9. The molecule has 0 aliphatic carbocycles. The second-order valence-electron chi connectivity index (χ2n) is 2.83. The Morgan fingerprint density at radius 2 is 2.25 bits per heavy atom. The van der Waals surface area contributed by atoms with Gasteiger partial charge in [0.1, 0.15) is 6.04 Å². The highest BCUT2D eigenvalue weighted by molar-refractivity contribution is 5.81. The summed E-state index contributed by atoms with van der Waals surface area (Å²) in [5.41, 5.74) is 5.11. The second kappa shape index (κ2) is 5.57. The van der Waals surface area contributed by atoms with Crippen LogP contribution in [-0.2, 0) is 9.59 Å². The van der Waals surface area contributed by atoms with Gasteiger partial charge in [-0.25, -0.2) is 0 Å². The van der Waals surface area contributed by atoms with E-state index in [1.54, 1.807) is 7.05 Å². The lowest BCUT2D eigenvalue weighted by molar-refractivity contribution is -0.129. The van der Waals surface area contributed by atoms with E-state index < -0.39 is 11.9 Å². The fraction of sp³-hybridized carbons (Fsp3) is 0.750. The fourth-order valence-electron chi connectivity index (χ4n) is 1.02. The maximum absolute atomic E-state index is 10.8. The summed E-state index contributed by atoms with van der Waals surface area (Å²) in [6.45, 7) is 2.03. The van der Waals surface area contributed by atoms with Crippen molar-refractivity contribution in [3.8, 4) is 0 Å². The van der Waals surface area contributed by atoms with Crippen LogP contribution in [0.4, 0.5) is 0 Å². The van der Waals surface area contributed by atoms with E-state index in [4.69, 9.17) is 5.73 Å². The number of carbonyl (C=O) groups excluding carboxylic acids is 2. The van der Waals surface area contributed by atoms with Crippen LogP contribution >= 0.6 is 0 Å². The average Bonchev–Trinajstić information content (AvgIpc) is 2.04. The molecule has 0 fully saturated rings. The van der Waals surface area contributed by atoms with Crippen molar-refractivity contribution in [1.29, 1.82) is 0 Å². The first-order valence-electron chi connectivity index (χ1n) is 4.10. The Morgan fingerprint density at radius 1 is 1.67 bits per heavy atom. The number of primary amides is 1. The van der Waals surface area contributed by atoms with Crippen LogP contribution in [0.1, 0.15) is 26.2 Å². The molecule has 2 N–H and O–H groups in total. The third-order valence-corrected chi connectivity index (χ3v) is 1.82. The third-order valence-electron chi connectivity index (χ3n) is 1.82. The van der Waals surface area contributed by atoms with Crippen LogP contribution in [-0.4, -0.2) is 30.3 Å². The lowest BCUT2D eigenvalue weighted by Crippen LogP contribution is -2.41. The van der Waals surface area contributed by atoms with Crippen LogP contribution in [0.5, 0.6) is 0 Å². The molecule has 70 valence electrons. The monoisotopic (exact) mass is 172 g/mol. The van der Waals surface area contributed by atoms with Crippen LogP contribution in [0.15, 0.2) is 0 Å². The minimum absolute atomic E-state index is 0.432. The van der Waals surface area contributed by atoms with Gasteiger partial charge in [-0.15, -0.1) is 0 Å². The molecule has 0 saturated heterocycles. The van der Waals surface area contributed by atoms with Gasteiger partial charge < -0.3 is 10.6 Å². The summed E-state index contributed by atoms with van der Waals surface area (Å²) in [6.07, 6.45) is 3.19.